The molecule has 20 heavy (non-hydrogen) atoms. The average molecular weight is 315 g/mol. The standard InChI is InChI=1S/C12H17N3O3S2/c1-8-5-14-12(18-8)7-15-20(16,17)11-4-10(6-13-3)19-9(11)2/h4-5,13,15H,6-7H2,1-3H3. The van der Waals surface area contributed by atoms with Crippen LogP contribution >= 0.6 is 11.3 Å². The van der Waals surface area contributed by atoms with Crippen molar-refractivity contribution in [3.63, 3.8) is 0 Å². The van der Waals surface area contributed by atoms with E-state index in [1.54, 1.807) is 26.1 Å². The molecule has 2 aromatic heterocycles. The van der Waals surface area contributed by atoms with E-state index < -0.39 is 10.0 Å². The fourth-order valence-corrected chi connectivity index (χ4v) is 4.39. The normalized spacial score (nSPS) is 11.9. The van der Waals surface area contributed by atoms with Gasteiger partial charge in [0.1, 0.15) is 5.76 Å². The van der Waals surface area contributed by atoms with Gasteiger partial charge in [-0.2, -0.15) is 0 Å². The van der Waals surface area contributed by atoms with Gasteiger partial charge in [0.05, 0.1) is 17.6 Å². The molecule has 2 rings (SSSR count). The Morgan fingerprint density at radius 2 is 2.10 bits per heavy atom. The number of thiophene rings is 1. The van der Waals surface area contributed by atoms with E-state index in [1.807, 2.05) is 7.05 Å². The van der Waals surface area contributed by atoms with Crippen LogP contribution in [0.2, 0.25) is 0 Å². The van der Waals surface area contributed by atoms with Gasteiger partial charge in [0.25, 0.3) is 0 Å². The van der Waals surface area contributed by atoms with Crippen molar-refractivity contribution < 1.29 is 12.8 Å². The van der Waals surface area contributed by atoms with Crippen LogP contribution in [0.3, 0.4) is 0 Å². The number of hydrogen-bond donors (Lipinski definition) is 2. The first-order valence-corrected chi connectivity index (χ1v) is 8.37. The molecule has 8 heteroatoms. The molecule has 0 spiro atoms. The summed E-state index contributed by atoms with van der Waals surface area (Å²) < 4.78 is 32.3. The van der Waals surface area contributed by atoms with Crippen LogP contribution in [0.1, 0.15) is 21.4 Å². The van der Waals surface area contributed by atoms with Gasteiger partial charge in [-0.1, -0.05) is 0 Å². The van der Waals surface area contributed by atoms with Crippen molar-refractivity contribution in [3.8, 4) is 0 Å². The van der Waals surface area contributed by atoms with E-state index in [9.17, 15) is 8.42 Å². The smallest absolute Gasteiger partial charge is 0.242 e. The van der Waals surface area contributed by atoms with Gasteiger partial charge in [-0.3, -0.25) is 0 Å². The molecule has 0 atom stereocenters. The molecule has 0 saturated heterocycles. The van der Waals surface area contributed by atoms with E-state index in [2.05, 4.69) is 15.0 Å². The van der Waals surface area contributed by atoms with Gasteiger partial charge in [-0.15, -0.1) is 11.3 Å². The maximum atomic E-state index is 12.3. The van der Waals surface area contributed by atoms with Gasteiger partial charge in [-0.05, 0) is 27.0 Å². The summed E-state index contributed by atoms with van der Waals surface area (Å²) in [6, 6.07) is 1.69. The predicted octanol–water partition coefficient (Wildman–Crippen LogP) is 1.55. The van der Waals surface area contributed by atoms with Gasteiger partial charge < -0.3 is 9.73 Å². The van der Waals surface area contributed by atoms with Crippen LogP contribution in [-0.2, 0) is 23.1 Å². The lowest BCUT2D eigenvalue weighted by Gasteiger charge is -2.03. The van der Waals surface area contributed by atoms with Crippen LogP contribution in [0.15, 0.2) is 21.6 Å². The van der Waals surface area contributed by atoms with Gasteiger partial charge >= 0.3 is 0 Å². The number of nitrogens with one attached hydrogen (secondary N) is 2. The number of nitrogens with zero attached hydrogens (tertiary/aromatic N) is 1. The first kappa shape index (κ1) is 15.2. The molecule has 0 unspecified atom stereocenters. The summed E-state index contributed by atoms with van der Waals surface area (Å²) in [7, 11) is -1.72. The van der Waals surface area contributed by atoms with Crippen molar-refractivity contribution in [2.24, 2.45) is 0 Å². The minimum absolute atomic E-state index is 0.0484. The Morgan fingerprint density at radius 1 is 1.35 bits per heavy atom. The number of oxazole rings is 1. The third-order valence-corrected chi connectivity index (χ3v) is 5.35. The lowest BCUT2D eigenvalue weighted by molar-refractivity contribution is 0.463. The maximum absolute atomic E-state index is 12.3. The number of aromatic nitrogens is 1. The molecule has 0 aliphatic carbocycles. The molecule has 0 aliphatic rings. The summed E-state index contributed by atoms with van der Waals surface area (Å²) in [4.78, 5) is 6.04. The zero-order valence-electron chi connectivity index (χ0n) is 11.6. The molecule has 0 aromatic carbocycles. The van der Waals surface area contributed by atoms with Crippen LogP contribution in [-0.4, -0.2) is 20.4 Å². The van der Waals surface area contributed by atoms with Crippen molar-refractivity contribution in [2.45, 2.75) is 31.8 Å². The van der Waals surface area contributed by atoms with E-state index in [1.165, 1.54) is 11.3 Å². The van der Waals surface area contributed by atoms with Gasteiger partial charge in [-0.25, -0.2) is 18.1 Å². The Morgan fingerprint density at radius 3 is 2.70 bits per heavy atom. The second-order valence-electron chi connectivity index (χ2n) is 4.35. The van der Waals surface area contributed by atoms with Crippen molar-refractivity contribution >= 4 is 21.4 Å². The number of aryl methyl sites for hydroxylation is 2. The molecule has 2 aromatic rings. The first-order valence-electron chi connectivity index (χ1n) is 6.07. The van der Waals surface area contributed by atoms with Crippen molar-refractivity contribution in [2.75, 3.05) is 7.05 Å². The summed E-state index contributed by atoms with van der Waals surface area (Å²) in [6.45, 7) is 4.26. The molecule has 0 aliphatic heterocycles. The Labute approximate surface area is 122 Å². The third kappa shape index (κ3) is 3.45. The van der Waals surface area contributed by atoms with E-state index in [-0.39, 0.29) is 6.54 Å². The molecule has 0 saturated carbocycles. The minimum atomic E-state index is -3.54. The van der Waals surface area contributed by atoms with Crippen molar-refractivity contribution in [3.05, 3.63) is 33.7 Å². The zero-order valence-corrected chi connectivity index (χ0v) is 13.2. The van der Waals surface area contributed by atoms with Gasteiger partial charge in [0, 0.05) is 16.3 Å². The molecule has 2 heterocycles. The Balaban J connectivity index is 2.13. The number of sulfonamides is 1. The highest BCUT2D eigenvalue weighted by atomic mass is 32.2. The first-order chi connectivity index (χ1) is 9.42. The van der Waals surface area contributed by atoms with Crippen LogP contribution < -0.4 is 10.0 Å². The summed E-state index contributed by atoms with van der Waals surface area (Å²) in [5.74, 6) is 1.01. The third-order valence-electron chi connectivity index (χ3n) is 2.65. The summed E-state index contributed by atoms with van der Waals surface area (Å²) >= 11 is 1.47. The van der Waals surface area contributed by atoms with Crippen LogP contribution in [0, 0.1) is 13.8 Å². The zero-order chi connectivity index (χ0) is 14.8. The van der Waals surface area contributed by atoms with Crippen molar-refractivity contribution in [1.82, 2.24) is 15.0 Å². The quantitative estimate of drug-likeness (QED) is 0.845. The number of hydrogen-bond acceptors (Lipinski definition) is 6. The van der Waals surface area contributed by atoms with E-state index >= 15 is 0 Å². The van der Waals surface area contributed by atoms with Crippen LogP contribution in [0.5, 0.6) is 0 Å². The number of rotatable bonds is 6. The highest BCUT2D eigenvalue weighted by Crippen LogP contribution is 2.25. The van der Waals surface area contributed by atoms with E-state index in [4.69, 9.17) is 4.42 Å². The van der Waals surface area contributed by atoms with Gasteiger partial charge in [0.2, 0.25) is 15.9 Å². The second-order valence-corrected chi connectivity index (χ2v) is 7.43. The lowest BCUT2D eigenvalue weighted by Crippen LogP contribution is -2.23. The van der Waals surface area contributed by atoms with Crippen molar-refractivity contribution in [1.29, 1.82) is 0 Å². The van der Waals surface area contributed by atoms with E-state index in [0.717, 1.165) is 9.75 Å². The highest BCUT2D eigenvalue weighted by Gasteiger charge is 2.20. The Kier molecular flexibility index (Phi) is 4.59. The Hall–Kier alpha value is -1.22. The SMILES string of the molecule is CNCc1cc(S(=O)(=O)NCc2ncc(C)o2)c(C)s1. The molecular weight excluding hydrogens is 298 g/mol. The fourth-order valence-electron chi connectivity index (χ4n) is 1.77. The minimum Gasteiger partial charge on any atom is -0.445 e. The predicted molar refractivity (Wildman–Crippen MR) is 77.1 cm³/mol. The topological polar surface area (TPSA) is 84.2 Å². The second kappa shape index (κ2) is 6.04. The highest BCUT2D eigenvalue weighted by molar-refractivity contribution is 7.89. The fraction of sp³-hybridized carbons (Fsp3) is 0.417. The molecular formula is C12H17N3O3S2. The monoisotopic (exact) mass is 315 g/mol. The Bertz CT molecular complexity index is 689. The lowest BCUT2D eigenvalue weighted by atomic mass is 10.4. The van der Waals surface area contributed by atoms with Crippen LogP contribution in [0.4, 0.5) is 0 Å². The largest absolute Gasteiger partial charge is 0.445 e. The maximum Gasteiger partial charge on any atom is 0.242 e. The summed E-state index contributed by atoms with van der Waals surface area (Å²) in [5, 5.41) is 3.01. The van der Waals surface area contributed by atoms with Gasteiger partial charge in [0.15, 0.2) is 0 Å². The molecule has 0 bridgehead atoms. The molecule has 0 fully saturated rings. The molecule has 6 nitrogen and oxygen atoms in total. The summed E-state index contributed by atoms with van der Waals surface area (Å²) in [6.07, 6.45) is 1.56. The molecule has 110 valence electrons. The molecule has 0 radical (unpaired) electrons. The van der Waals surface area contributed by atoms with Crippen LogP contribution in [0.25, 0.3) is 0 Å². The molecule has 2 N–H and O–H groups in total. The average Bonchev–Trinajstić information content (AvgIpc) is 2.94. The molecule has 0 amide bonds. The van der Waals surface area contributed by atoms with E-state index in [0.29, 0.717) is 23.1 Å². The summed E-state index contributed by atoms with van der Waals surface area (Å²) in [5.41, 5.74) is 0.